The lowest BCUT2D eigenvalue weighted by atomic mass is 10.1. The van der Waals surface area contributed by atoms with Crippen molar-refractivity contribution < 1.29 is 14.3 Å². The molecule has 1 heterocycles. The molecule has 0 aromatic heterocycles. The summed E-state index contributed by atoms with van der Waals surface area (Å²) in [7, 11) is 0. The Labute approximate surface area is 179 Å². The van der Waals surface area contributed by atoms with Crippen LogP contribution in [0.3, 0.4) is 0 Å². The van der Waals surface area contributed by atoms with E-state index in [4.69, 9.17) is 4.74 Å². The summed E-state index contributed by atoms with van der Waals surface area (Å²) < 4.78 is 5.95. The monoisotopic (exact) mass is 415 g/mol. The average Bonchev–Trinajstić information content (AvgIpc) is 3.08. The number of benzene rings is 3. The summed E-state index contributed by atoms with van der Waals surface area (Å²) in [4.78, 5) is 24.0. The predicted molar refractivity (Wildman–Crippen MR) is 117 cm³/mol. The molecule has 156 valence electrons. The van der Waals surface area contributed by atoms with Crippen LogP contribution >= 0.6 is 0 Å². The van der Waals surface area contributed by atoms with Gasteiger partial charge in [-0.25, -0.2) is 14.5 Å². The number of azo groups is 2. The Hall–Kier alpha value is -3.94. The van der Waals surface area contributed by atoms with Gasteiger partial charge in [-0.2, -0.15) is 5.11 Å². The molecular formula is C23H21N5O3. The molecule has 0 atom stereocenters. The topological polar surface area (TPSA) is 96.1 Å². The second kappa shape index (κ2) is 8.83. The molecule has 4 amide bonds. The predicted octanol–water partition coefficient (Wildman–Crippen LogP) is 6.65. The molecule has 0 radical (unpaired) electrons. The molecule has 0 N–H and O–H groups in total. The van der Waals surface area contributed by atoms with Crippen molar-refractivity contribution in [3.63, 3.8) is 0 Å². The summed E-state index contributed by atoms with van der Waals surface area (Å²) in [6.45, 7) is 4.52. The highest BCUT2D eigenvalue weighted by molar-refractivity contribution is 5.98. The van der Waals surface area contributed by atoms with Gasteiger partial charge in [-0.3, -0.25) is 0 Å². The van der Waals surface area contributed by atoms with Crippen molar-refractivity contribution >= 4 is 34.2 Å². The van der Waals surface area contributed by atoms with Crippen LogP contribution in [0.25, 0.3) is 10.8 Å². The number of carbonyl (C=O) groups is 2. The van der Waals surface area contributed by atoms with E-state index in [0.717, 1.165) is 26.9 Å². The van der Waals surface area contributed by atoms with Crippen LogP contribution in [0.5, 0.6) is 5.75 Å². The number of rotatable bonds is 7. The minimum absolute atomic E-state index is 0.192. The van der Waals surface area contributed by atoms with Gasteiger partial charge in [0.2, 0.25) is 0 Å². The van der Waals surface area contributed by atoms with Gasteiger partial charge in [-0.05, 0) is 43.4 Å². The van der Waals surface area contributed by atoms with Gasteiger partial charge in [0.25, 0.3) is 0 Å². The van der Waals surface area contributed by atoms with Crippen molar-refractivity contribution in [3.8, 4) is 5.75 Å². The number of hydrogen-bond donors (Lipinski definition) is 0. The molecule has 4 rings (SSSR count). The number of ether oxygens (including phenoxy) is 1. The van der Waals surface area contributed by atoms with E-state index >= 15 is 0 Å². The third-order valence-corrected chi connectivity index (χ3v) is 4.94. The number of carbonyl (C=O) groups excluding carboxylic acids is 2. The van der Waals surface area contributed by atoms with Crippen molar-refractivity contribution in [2.75, 3.05) is 13.2 Å². The van der Waals surface area contributed by atoms with Gasteiger partial charge in [0.15, 0.2) is 0 Å². The Morgan fingerprint density at radius 1 is 0.935 bits per heavy atom. The molecule has 0 spiro atoms. The van der Waals surface area contributed by atoms with Gasteiger partial charge < -0.3 is 4.74 Å². The number of fused-ring (bicyclic) bond motifs is 1. The fraction of sp³-hybridized carbons (Fsp3) is 0.217. The van der Waals surface area contributed by atoms with Crippen LogP contribution < -0.4 is 4.74 Å². The van der Waals surface area contributed by atoms with E-state index in [2.05, 4.69) is 26.5 Å². The molecule has 31 heavy (non-hydrogen) atoms. The summed E-state index contributed by atoms with van der Waals surface area (Å²) in [6, 6.07) is 16.4. The Morgan fingerprint density at radius 3 is 2.48 bits per heavy atom. The second-order valence-corrected chi connectivity index (χ2v) is 7.24. The number of nitrogens with zero attached hydrogens (tertiary/aromatic N) is 5. The molecule has 0 fully saturated rings. The van der Waals surface area contributed by atoms with Gasteiger partial charge >= 0.3 is 12.1 Å². The standard InChI is InChI=1S/C23H21N5O3/c1-15-8-10-19(16(2)14-15)24-25-21-18-7-4-3-6-17(18)9-11-20(21)31-13-5-12-28-22(29)26-27-23(28)30/h3-4,6-11,14H,5,12-13H2,1-2H3. The fourth-order valence-corrected chi connectivity index (χ4v) is 3.35. The van der Waals surface area contributed by atoms with Gasteiger partial charge in [-0.15, -0.1) is 5.11 Å². The SMILES string of the molecule is Cc1ccc(N=Nc2c(OCCCN3C(=O)N=NC3=O)ccc3ccccc23)c(C)c1. The van der Waals surface area contributed by atoms with Crippen molar-refractivity contribution in [1.82, 2.24) is 4.90 Å². The molecule has 0 unspecified atom stereocenters. The van der Waals surface area contributed by atoms with E-state index in [9.17, 15) is 9.59 Å². The zero-order valence-corrected chi connectivity index (χ0v) is 17.3. The number of amides is 4. The summed E-state index contributed by atoms with van der Waals surface area (Å²) in [5.41, 5.74) is 3.64. The zero-order chi connectivity index (χ0) is 21.8. The van der Waals surface area contributed by atoms with E-state index in [1.165, 1.54) is 5.56 Å². The van der Waals surface area contributed by atoms with Crippen LogP contribution in [0, 0.1) is 13.8 Å². The molecule has 3 aromatic carbocycles. The number of urea groups is 2. The van der Waals surface area contributed by atoms with Gasteiger partial charge in [0.1, 0.15) is 11.4 Å². The maximum absolute atomic E-state index is 11.5. The smallest absolute Gasteiger partial charge is 0.370 e. The molecule has 1 aliphatic heterocycles. The van der Waals surface area contributed by atoms with Crippen molar-refractivity contribution in [3.05, 3.63) is 65.7 Å². The highest BCUT2D eigenvalue weighted by atomic mass is 16.5. The van der Waals surface area contributed by atoms with Crippen LogP contribution in [-0.4, -0.2) is 30.1 Å². The molecule has 8 nitrogen and oxygen atoms in total. The molecular weight excluding hydrogens is 394 g/mol. The summed E-state index contributed by atoms with van der Waals surface area (Å²) in [5.74, 6) is 0.584. The van der Waals surface area contributed by atoms with E-state index in [1.807, 2.05) is 62.4 Å². The van der Waals surface area contributed by atoms with Crippen molar-refractivity contribution in [2.24, 2.45) is 20.5 Å². The number of hydrogen-bond acceptors (Lipinski definition) is 5. The highest BCUT2D eigenvalue weighted by Gasteiger charge is 2.26. The lowest BCUT2D eigenvalue weighted by Crippen LogP contribution is -2.29. The maximum atomic E-state index is 11.5. The van der Waals surface area contributed by atoms with E-state index in [1.54, 1.807) is 0 Å². The van der Waals surface area contributed by atoms with E-state index < -0.39 is 12.1 Å². The number of aryl methyl sites for hydroxylation is 2. The normalized spacial score (nSPS) is 13.7. The Kier molecular flexibility index (Phi) is 5.79. The summed E-state index contributed by atoms with van der Waals surface area (Å²) >= 11 is 0. The molecule has 8 heteroatoms. The van der Waals surface area contributed by atoms with E-state index in [-0.39, 0.29) is 6.54 Å². The molecule has 0 saturated heterocycles. The summed E-state index contributed by atoms with van der Waals surface area (Å²) in [6.07, 6.45) is 0.447. The third kappa shape index (κ3) is 4.48. The minimum atomic E-state index is -0.640. The lowest BCUT2D eigenvalue weighted by molar-refractivity contribution is 0.201. The van der Waals surface area contributed by atoms with Crippen LogP contribution in [0.15, 0.2) is 75.1 Å². The quantitative estimate of drug-likeness (QED) is 0.319. The Balaban J connectivity index is 1.54. The highest BCUT2D eigenvalue weighted by Crippen LogP contribution is 2.37. The first-order valence-electron chi connectivity index (χ1n) is 9.93. The van der Waals surface area contributed by atoms with Gasteiger partial charge in [0, 0.05) is 11.9 Å². The maximum Gasteiger partial charge on any atom is 0.370 e. The summed E-state index contributed by atoms with van der Waals surface area (Å²) in [5, 5.41) is 17.4. The van der Waals surface area contributed by atoms with Crippen LogP contribution in [0.1, 0.15) is 17.5 Å². The van der Waals surface area contributed by atoms with Crippen molar-refractivity contribution in [1.29, 1.82) is 0 Å². The zero-order valence-electron chi connectivity index (χ0n) is 17.3. The van der Waals surface area contributed by atoms with E-state index in [0.29, 0.717) is 24.5 Å². The molecule has 3 aromatic rings. The second-order valence-electron chi connectivity index (χ2n) is 7.24. The first kappa shape index (κ1) is 20.3. The van der Waals surface area contributed by atoms with Crippen LogP contribution in [0.2, 0.25) is 0 Å². The molecule has 0 bridgehead atoms. The Bertz CT molecular complexity index is 1200. The fourth-order valence-electron chi connectivity index (χ4n) is 3.35. The third-order valence-electron chi connectivity index (χ3n) is 4.94. The first-order valence-corrected chi connectivity index (χ1v) is 9.93. The molecule has 0 saturated carbocycles. The van der Waals surface area contributed by atoms with Crippen LogP contribution in [-0.2, 0) is 0 Å². The number of imide groups is 1. The first-order chi connectivity index (χ1) is 15.0. The van der Waals surface area contributed by atoms with Crippen LogP contribution in [0.4, 0.5) is 21.0 Å². The van der Waals surface area contributed by atoms with Gasteiger partial charge in [-0.1, -0.05) is 58.3 Å². The Morgan fingerprint density at radius 2 is 1.71 bits per heavy atom. The minimum Gasteiger partial charge on any atom is -0.491 e. The molecule has 1 aliphatic rings. The largest absolute Gasteiger partial charge is 0.491 e. The van der Waals surface area contributed by atoms with Gasteiger partial charge in [0.05, 0.1) is 12.3 Å². The van der Waals surface area contributed by atoms with Crippen molar-refractivity contribution in [2.45, 2.75) is 20.3 Å². The average molecular weight is 415 g/mol. The lowest BCUT2D eigenvalue weighted by Gasteiger charge is -2.13. The molecule has 0 aliphatic carbocycles.